The molecule has 0 fully saturated rings. The molecule has 15 heavy (non-hydrogen) atoms. The predicted molar refractivity (Wildman–Crippen MR) is 61.3 cm³/mol. The molecule has 0 aliphatic rings. The first-order chi connectivity index (χ1) is 7.20. The Labute approximate surface area is 92.6 Å². The number of anilines is 1. The highest BCUT2D eigenvalue weighted by atomic mass is 35.5. The van der Waals surface area contributed by atoms with Gasteiger partial charge in [0.1, 0.15) is 5.52 Å². The second-order valence-corrected chi connectivity index (χ2v) is 3.76. The zero-order valence-electron chi connectivity index (χ0n) is 8.40. The lowest BCUT2D eigenvalue weighted by atomic mass is 10.3. The summed E-state index contributed by atoms with van der Waals surface area (Å²) in [5.41, 5.74) is 6.95. The van der Waals surface area contributed by atoms with Gasteiger partial charge < -0.3 is 15.1 Å². The fraction of sp³-hybridized carbons (Fsp3) is 0.300. The van der Waals surface area contributed by atoms with Crippen LogP contribution in [0.1, 0.15) is 0 Å². The zero-order chi connectivity index (χ0) is 10.8. The number of rotatable bonds is 3. The van der Waals surface area contributed by atoms with Crippen LogP contribution in [0.3, 0.4) is 0 Å². The molecule has 0 unspecified atom stereocenters. The van der Waals surface area contributed by atoms with Crippen molar-refractivity contribution in [3.05, 3.63) is 23.2 Å². The van der Waals surface area contributed by atoms with E-state index >= 15 is 0 Å². The summed E-state index contributed by atoms with van der Waals surface area (Å²) in [5.74, 6) is 0. The third-order valence-corrected chi connectivity index (χ3v) is 2.36. The number of fused-ring (bicyclic) bond motifs is 1. The highest BCUT2D eigenvalue weighted by Gasteiger charge is 2.09. The van der Waals surface area contributed by atoms with Crippen LogP contribution in [0.4, 0.5) is 6.01 Å². The van der Waals surface area contributed by atoms with Crippen LogP contribution in [-0.4, -0.2) is 25.1 Å². The maximum atomic E-state index is 5.85. The van der Waals surface area contributed by atoms with Gasteiger partial charge in [0.15, 0.2) is 5.58 Å². The maximum Gasteiger partial charge on any atom is 0.298 e. The van der Waals surface area contributed by atoms with Crippen molar-refractivity contribution >= 4 is 28.7 Å². The SMILES string of the molecule is CN(CCN)c1nc2cc(Cl)ccc2o1. The van der Waals surface area contributed by atoms with Crippen molar-refractivity contribution in [3.63, 3.8) is 0 Å². The summed E-state index contributed by atoms with van der Waals surface area (Å²) in [6.07, 6.45) is 0. The second-order valence-electron chi connectivity index (χ2n) is 3.32. The minimum atomic E-state index is 0.565. The first-order valence-electron chi connectivity index (χ1n) is 4.68. The zero-order valence-corrected chi connectivity index (χ0v) is 9.16. The quantitative estimate of drug-likeness (QED) is 0.867. The molecule has 0 aliphatic carbocycles. The molecule has 2 rings (SSSR count). The Morgan fingerprint density at radius 2 is 2.33 bits per heavy atom. The second kappa shape index (κ2) is 4.08. The van der Waals surface area contributed by atoms with Gasteiger partial charge >= 0.3 is 0 Å². The van der Waals surface area contributed by atoms with Crippen molar-refractivity contribution in [2.45, 2.75) is 0 Å². The number of likely N-dealkylation sites (N-methyl/N-ethyl adjacent to an activating group) is 1. The van der Waals surface area contributed by atoms with Gasteiger partial charge in [0.2, 0.25) is 0 Å². The number of halogens is 1. The molecule has 2 N–H and O–H groups in total. The predicted octanol–water partition coefficient (Wildman–Crippen LogP) is 1.88. The lowest BCUT2D eigenvalue weighted by Crippen LogP contribution is -2.25. The van der Waals surface area contributed by atoms with Crippen LogP contribution < -0.4 is 10.6 Å². The van der Waals surface area contributed by atoms with Crippen molar-refractivity contribution < 1.29 is 4.42 Å². The normalized spacial score (nSPS) is 10.9. The molecule has 0 spiro atoms. The van der Waals surface area contributed by atoms with E-state index in [1.54, 1.807) is 12.1 Å². The fourth-order valence-corrected chi connectivity index (χ4v) is 1.51. The minimum absolute atomic E-state index is 0.565. The standard InChI is InChI=1S/C10H12ClN3O/c1-14(5-4-12)10-13-8-6-7(11)2-3-9(8)15-10/h2-3,6H,4-5,12H2,1H3. The summed E-state index contributed by atoms with van der Waals surface area (Å²) in [5, 5.41) is 0.656. The topological polar surface area (TPSA) is 55.3 Å². The maximum absolute atomic E-state index is 5.85. The van der Waals surface area contributed by atoms with Crippen LogP contribution >= 0.6 is 11.6 Å². The Morgan fingerprint density at radius 1 is 1.53 bits per heavy atom. The van der Waals surface area contributed by atoms with E-state index in [1.165, 1.54) is 0 Å². The van der Waals surface area contributed by atoms with E-state index in [0.29, 0.717) is 24.1 Å². The van der Waals surface area contributed by atoms with Gasteiger partial charge in [-0.3, -0.25) is 0 Å². The van der Waals surface area contributed by atoms with Crippen LogP contribution in [0.25, 0.3) is 11.1 Å². The molecule has 1 aromatic carbocycles. The fourth-order valence-electron chi connectivity index (χ4n) is 1.34. The molecular weight excluding hydrogens is 214 g/mol. The number of hydrogen-bond donors (Lipinski definition) is 1. The van der Waals surface area contributed by atoms with E-state index in [1.807, 2.05) is 18.0 Å². The molecule has 0 bridgehead atoms. The van der Waals surface area contributed by atoms with Gasteiger partial charge in [-0.25, -0.2) is 0 Å². The molecule has 0 aliphatic heterocycles. The summed E-state index contributed by atoms with van der Waals surface area (Å²) < 4.78 is 5.54. The molecule has 0 amide bonds. The van der Waals surface area contributed by atoms with Crippen LogP contribution in [-0.2, 0) is 0 Å². The van der Waals surface area contributed by atoms with E-state index < -0.39 is 0 Å². The van der Waals surface area contributed by atoms with Crippen LogP contribution in [0.5, 0.6) is 0 Å². The van der Waals surface area contributed by atoms with Gasteiger partial charge in [-0.15, -0.1) is 0 Å². The first kappa shape index (κ1) is 10.3. The van der Waals surface area contributed by atoms with Crippen LogP contribution in [0.15, 0.2) is 22.6 Å². The van der Waals surface area contributed by atoms with Gasteiger partial charge in [0.25, 0.3) is 6.01 Å². The lowest BCUT2D eigenvalue weighted by Gasteiger charge is -2.11. The number of oxazole rings is 1. The number of aromatic nitrogens is 1. The molecule has 2 aromatic rings. The molecular formula is C10H12ClN3O. The summed E-state index contributed by atoms with van der Waals surface area (Å²) in [7, 11) is 1.89. The lowest BCUT2D eigenvalue weighted by molar-refractivity contribution is 0.584. The van der Waals surface area contributed by atoms with Crippen molar-refractivity contribution in [2.24, 2.45) is 5.73 Å². The minimum Gasteiger partial charge on any atom is -0.423 e. The summed E-state index contributed by atoms with van der Waals surface area (Å²) >= 11 is 5.85. The van der Waals surface area contributed by atoms with Gasteiger partial charge in [0.05, 0.1) is 0 Å². The summed E-state index contributed by atoms with van der Waals surface area (Å²) in [6, 6.07) is 5.93. The van der Waals surface area contributed by atoms with Crippen molar-refractivity contribution in [1.29, 1.82) is 0 Å². The molecule has 80 valence electrons. The molecule has 0 saturated heterocycles. The van der Waals surface area contributed by atoms with E-state index in [0.717, 1.165) is 11.1 Å². The summed E-state index contributed by atoms with van der Waals surface area (Å²) in [4.78, 5) is 6.18. The summed E-state index contributed by atoms with van der Waals surface area (Å²) in [6.45, 7) is 1.27. The Bertz CT molecular complexity index is 469. The van der Waals surface area contributed by atoms with E-state index in [-0.39, 0.29) is 0 Å². The van der Waals surface area contributed by atoms with E-state index in [9.17, 15) is 0 Å². The number of benzene rings is 1. The van der Waals surface area contributed by atoms with Gasteiger partial charge in [-0.1, -0.05) is 11.6 Å². The average Bonchev–Trinajstić information content (AvgIpc) is 2.60. The van der Waals surface area contributed by atoms with Gasteiger partial charge in [-0.2, -0.15) is 4.98 Å². The van der Waals surface area contributed by atoms with E-state index in [2.05, 4.69) is 4.98 Å². The Hall–Kier alpha value is -1.26. The van der Waals surface area contributed by atoms with Crippen molar-refractivity contribution in [2.75, 3.05) is 25.0 Å². The molecule has 0 saturated carbocycles. The molecule has 4 nitrogen and oxygen atoms in total. The highest BCUT2D eigenvalue weighted by Crippen LogP contribution is 2.23. The smallest absolute Gasteiger partial charge is 0.298 e. The molecule has 1 aromatic heterocycles. The number of nitrogens with two attached hydrogens (primary N) is 1. The third kappa shape index (κ3) is 2.06. The first-order valence-corrected chi connectivity index (χ1v) is 5.06. The van der Waals surface area contributed by atoms with Gasteiger partial charge in [-0.05, 0) is 18.2 Å². The largest absolute Gasteiger partial charge is 0.423 e. The monoisotopic (exact) mass is 225 g/mol. The molecule has 0 radical (unpaired) electrons. The Kier molecular flexibility index (Phi) is 2.79. The number of hydrogen-bond acceptors (Lipinski definition) is 4. The van der Waals surface area contributed by atoms with E-state index in [4.69, 9.17) is 21.8 Å². The molecule has 1 heterocycles. The van der Waals surface area contributed by atoms with Crippen molar-refractivity contribution in [1.82, 2.24) is 4.98 Å². The van der Waals surface area contributed by atoms with Crippen LogP contribution in [0, 0.1) is 0 Å². The molecule has 5 heteroatoms. The van der Waals surface area contributed by atoms with Gasteiger partial charge in [0, 0.05) is 25.2 Å². The Balaban J connectivity index is 2.38. The molecule has 0 atom stereocenters. The Morgan fingerprint density at radius 3 is 3.07 bits per heavy atom. The average molecular weight is 226 g/mol. The third-order valence-electron chi connectivity index (χ3n) is 2.13. The highest BCUT2D eigenvalue weighted by molar-refractivity contribution is 6.31. The number of nitrogens with zero attached hydrogens (tertiary/aromatic N) is 2. The van der Waals surface area contributed by atoms with Crippen LogP contribution in [0.2, 0.25) is 5.02 Å². The van der Waals surface area contributed by atoms with Crippen molar-refractivity contribution in [3.8, 4) is 0 Å².